The number of nitrogens with one attached hydrogen (secondary N) is 1. The lowest BCUT2D eigenvalue weighted by atomic mass is 9.95. The summed E-state index contributed by atoms with van der Waals surface area (Å²) in [5.74, 6) is 0.241. The Bertz CT molecular complexity index is 503. The summed E-state index contributed by atoms with van der Waals surface area (Å²) in [6.07, 6.45) is 4.67. The van der Waals surface area contributed by atoms with Gasteiger partial charge in [-0.2, -0.15) is 0 Å². The van der Waals surface area contributed by atoms with Crippen molar-refractivity contribution in [1.82, 2.24) is 10.2 Å². The fraction of sp³-hybridized carbons (Fsp3) is 0.588. The van der Waals surface area contributed by atoms with Crippen molar-refractivity contribution < 1.29 is 9.90 Å². The van der Waals surface area contributed by atoms with Crippen LogP contribution < -0.4 is 5.32 Å². The number of hydrogen-bond acceptors (Lipinski definition) is 3. The van der Waals surface area contributed by atoms with Gasteiger partial charge in [-0.1, -0.05) is 24.3 Å². The number of aliphatic hydroxyl groups excluding tert-OH is 1. The van der Waals surface area contributed by atoms with Crippen LogP contribution in [0.15, 0.2) is 24.3 Å². The Morgan fingerprint density at radius 1 is 1.33 bits per heavy atom. The first-order chi connectivity index (χ1) is 10.3. The van der Waals surface area contributed by atoms with Crippen LogP contribution in [0.2, 0.25) is 0 Å². The van der Waals surface area contributed by atoms with Gasteiger partial charge in [-0.3, -0.25) is 4.79 Å². The lowest BCUT2D eigenvalue weighted by molar-refractivity contribution is -0.134. The van der Waals surface area contributed by atoms with Crippen LogP contribution in [0.1, 0.15) is 36.8 Å². The van der Waals surface area contributed by atoms with Gasteiger partial charge in [0.1, 0.15) is 0 Å². The summed E-state index contributed by atoms with van der Waals surface area (Å²) in [5.41, 5.74) is 2.60. The number of fused-ring (bicyclic) bond motifs is 1. The second-order valence-electron chi connectivity index (χ2n) is 6.10. The van der Waals surface area contributed by atoms with E-state index in [1.165, 1.54) is 11.1 Å². The third-order valence-electron chi connectivity index (χ3n) is 4.74. The monoisotopic (exact) mass is 288 g/mol. The number of nitrogens with zero attached hydrogens (tertiary/aromatic N) is 1. The van der Waals surface area contributed by atoms with Crippen LogP contribution in [-0.4, -0.2) is 41.1 Å². The predicted octanol–water partition coefficient (Wildman–Crippen LogP) is 1.46. The lowest BCUT2D eigenvalue weighted by Gasteiger charge is -2.32. The first-order valence-electron chi connectivity index (χ1n) is 8.01. The Hall–Kier alpha value is -1.39. The van der Waals surface area contributed by atoms with Crippen molar-refractivity contribution in [2.75, 3.05) is 13.2 Å². The number of likely N-dealkylation sites (tertiary alicyclic amines) is 1. The molecule has 4 nitrogen and oxygen atoms in total. The molecule has 2 heterocycles. The van der Waals surface area contributed by atoms with E-state index in [0.29, 0.717) is 6.04 Å². The van der Waals surface area contributed by atoms with E-state index >= 15 is 0 Å². The minimum atomic E-state index is -0.0883. The van der Waals surface area contributed by atoms with Crippen LogP contribution >= 0.6 is 0 Å². The molecular formula is C17H24N2O2. The highest BCUT2D eigenvalue weighted by Crippen LogP contribution is 2.24. The van der Waals surface area contributed by atoms with Crippen LogP contribution in [0.25, 0.3) is 0 Å². The summed E-state index contributed by atoms with van der Waals surface area (Å²) >= 11 is 0. The molecule has 1 saturated heterocycles. The molecule has 0 radical (unpaired) electrons. The van der Waals surface area contributed by atoms with E-state index in [2.05, 4.69) is 17.4 Å². The SMILES string of the molecule is O=C([C@H]1Cc2ccccc2CN1)N1CCCC1CCCO. The minimum absolute atomic E-state index is 0.0883. The van der Waals surface area contributed by atoms with E-state index in [1.54, 1.807) is 0 Å². The van der Waals surface area contributed by atoms with Gasteiger partial charge in [0.05, 0.1) is 6.04 Å². The maximum absolute atomic E-state index is 12.8. The Labute approximate surface area is 126 Å². The Morgan fingerprint density at radius 2 is 2.14 bits per heavy atom. The van der Waals surface area contributed by atoms with Gasteiger partial charge < -0.3 is 15.3 Å². The van der Waals surface area contributed by atoms with Crippen LogP contribution in [0.5, 0.6) is 0 Å². The number of rotatable bonds is 4. The Morgan fingerprint density at radius 3 is 2.95 bits per heavy atom. The van der Waals surface area contributed by atoms with Gasteiger partial charge in [-0.25, -0.2) is 0 Å². The highest BCUT2D eigenvalue weighted by Gasteiger charge is 2.34. The largest absolute Gasteiger partial charge is 0.396 e. The van der Waals surface area contributed by atoms with Crippen LogP contribution in [-0.2, 0) is 17.8 Å². The van der Waals surface area contributed by atoms with Crippen molar-refractivity contribution in [2.24, 2.45) is 0 Å². The summed E-state index contributed by atoms with van der Waals surface area (Å²) in [6.45, 7) is 1.87. The van der Waals surface area contributed by atoms with Gasteiger partial charge in [0, 0.05) is 25.7 Å². The molecule has 114 valence electrons. The van der Waals surface area contributed by atoms with Crippen molar-refractivity contribution in [3.63, 3.8) is 0 Å². The minimum Gasteiger partial charge on any atom is -0.396 e. The van der Waals surface area contributed by atoms with E-state index in [4.69, 9.17) is 5.11 Å². The van der Waals surface area contributed by atoms with Gasteiger partial charge in [0.25, 0.3) is 0 Å². The fourth-order valence-electron chi connectivity index (χ4n) is 3.58. The molecule has 1 unspecified atom stereocenters. The molecule has 1 amide bonds. The molecule has 3 rings (SSSR count). The maximum atomic E-state index is 12.8. The molecule has 2 aliphatic rings. The van der Waals surface area contributed by atoms with Gasteiger partial charge in [0.15, 0.2) is 0 Å². The zero-order chi connectivity index (χ0) is 14.7. The molecular weight excluding hydrogens is 264 g/mol. The normalized spacial score (nSPS) is 24.9. The van der Waals surface area contributed by atoms with Crippen LogP contribution in [0.4, 0.5) is 0 Å². The molecule has 21 heavy (non-hydrogen) atoms. The number of amides is 1. The molecule has 0 aromatic heterocycles. The standard InChI is InChI=1S/C17H24N2O2/c20-10-4-8-15-7-3-9-19(15)17(21)16-11-13-5-1-2-6-14(13)12-18-16/h1-2,5-6,15-16,18,20H,3-4,7-12H2/t15?,16-/m1/s1. The van der Waals surface area contributed by atoms with E-state index in [-0.39, 0.29) is 18.6 Å². The smallest absolute Gasteiger partial charge is 0.240 e. The molecule has 4 heteroatoms. The topological polar surface area (TPSA) is 52.6 Å². The van der Waals surface area contributed by atoms with Crippen LogP contribution in [0, 0.1) is 0 Å². The number of carbonyl (C=O) groups is 1. The molecule has 0 saturated carbocycles. The second kappa shape index (κ2) is 6.58. The highest BCUT2D eigenvalue weighted by atomic mass is 16.3. The molecule has 0 aliphatic carbocycles. The Kier molecular flexibility index (Phi) is 4.56. The van der Waals surface area contributed by atoms with Gasteiger partial charge in [-0.15, -0.1) is 0 Å². The maximum Gasteiger partial charge on any atom is 0.240 e. The van der Waals surface area contributed by atoms with Gasteiger partial charge >= 0.3 is 0 Å². The van der Waals surface area contributed by atoms with Crippen molar-refractivity contribution in [3.05, 3.63) is 35.4 Å². The summed E-state index contributed by atoms with van der Waals surface area (Å²) < 4.78 is 0. The third kappa shape index (κ3) is 3.11. The average molecular weight is 288 g/mol. The molecule has 2 N–H and O–H groups in total. The average Bonchev–Trinajstić information content (AvgIpc) is 3.00. The molecule has 1 aromatic rings. The summed E-state index contributed by atoms with van der Waals surface area (Å²) in [7, 11) is 0. The molecule has 2 atom stereocenters. The van der Waals surface area contributed by atoms with Crippen molar-refractivity contribution in [3.8, 4) is 0 Å². The van der Waals surface area contributed by atoms with Crippen molar-refractivity contribution in [1.29, 1.82) is 0 Å². The first kappa shape index (κ1) is 14.5. The fourth-order valence-corrected chi connectivity index (χ4v) is 3.58. The zero-order valence-corrected chi connectivity index (χ0v) is 12.4. The molecule has 2 aliphatic heterocycles. The highest BCUT2D eigenvalue weighted by molar-refractivity contribution is 5.83. The van der Waals surface area contributed by atoms with Crippen LogP contribution in [0.3, 0.4) is 0 Å². The Balaban J connectivity index is 1.66. The van der Waals surface area contributed by atoms with Crippen molar-refractivity contribution in [2.45, 2.75) is 50.7 Å². The first-order valence-corrected chi connectivity index (χ1v) is 8.01. The van der Waals surface area contributed by atoms with Gasteiger partial charge in [0.2, 0.25) is 5.91 Å². The third-order valence-corrected chi connectivity index (χ3v) is 4.74. The molecule has 1 aromatic carbocycles. The predicted molar refractivity (Wildman–Crippen MR) is 81.8 cm³/mol. The number of carbonyl (C=O) groups excluding carboxylic acids is 1. The summed E-state index contributed by atoms with van der Waals surface area (Å²) in [6, 6.07) is 8.59. The zero-order valence-electron chi connectivity index (χ0n) is 12.4. The number of aliphatic hydroxyl groups is 1. The quantitative estimate of drug-likeness (QED) is 0.882. The lowest BCUT2D eigenvalue weighted by Crippen LogP contribution is -2.50. The van der Waals surface area contributed by atoms with E-state index in [1.807, 2.05) is 17.0 Å². The van der Waals surface area contributed by atoms with Gasteiger partial charge in [-0.05, 0) is 43.2 Å². The van der Waals surface area contributed by atoms with E-state index < -0.39 is 0 Å². The summed E-state index contributed by atoms with van der Waals surface area (Å²) in [5, 5.41) is 12.4. The van der Waals surface area contributed by atoms with E-state index in [9.17, 15) is 4.79 Å². The van der Waals surface area contributed by atoms with E-state index in [0.717, 1.165) is 45.2 Å². The number of hydrogen-bond donors (Lipinski definition) is 2. The molecule has 0 bridgehead atoms. The summed E-state index contributed by atoms with van der Waals surface area (Å²) in [4.78, 5) is 14.8. The molecule has 0 spiro atoms. The second-order valence-corrected chi connectivity index (χ2v) is 6.10. The molecule has 1 fully saturated rings. The number of benzene rings is 1. The van der Waals surface area contributed by atoms with Crippen molar-refractivity contribution >= 4 is 5.91 Å².